The quantitative estimate of drug-likeness (QED) is 0.823. The minimum atomic E-state index is 0.605. The number of nitrogens with one attached hydrogen (secondary N) is 1. The zero-order valence-corrected chi connectivity index (χ0v) is 9.68. The molecule has 0 bridgehead atoms. The predicted molar refractivity (Wildman–Crippen MR) is 60.4 cm³/mol. The first-order valence-corrected chi connectivity index (χ1v) is 5.05. The van der Waals surface area contributed by atoms with Crippen molar-refractivity contribution in [1.29, 1.82) is 0 Å². The summed E-state index contributed by atoms with van der Waals surface area (Å²) in [6, 6.07) is 3.66. The summed E-state index contributed by atoms with van der Waals surface area (Å²) in [5, 5.41) is 8.53. The van der Waals surface area contributed by atoms with Crippen LogP contribution in [0.1, 0.15) is 0 Å². The first kappa shape index (κ1) is 9.08. The van der Waals surface area contributed by atoms with Gasteiger partial charge in [0.05, 0.1) is 12.1 Å². The van der Waals surface area contributed by atoms with E-state index in [4.69, 9.17) is 16.3 Å². The number of aromatic nitrogens is 2. The van der Waals surface area contributed by atoms with Crippen LogP contribution in [0.3, 0.4) is 0 Å². The van der Waals surface area contributed by atoms with Gasteiger partial charge in [-0.05, 0) is 28.7 Å². The van der Waals surface area contributed by atoms with E-state index in [9.17, 15) is 0 Å². The molecule has 0 aliphatic carbocycles. The summed E-state index contributed by atoms with van der Waals surface area (Å²) in [5.74, 6) is 0.747. The van der Waals surface area contributed by atoms with Crippen LogP contribution in [0.15, 0.2) is 12.1 Å². The fourth-order valence-electron chi connectivity index (χ4n) is 1.14. The molecule has 5 heteroatoms. The summed E-state index contributed by atoms with van der Waals surface area (Å²) in [6.07, 6.45) is 0. The Morgan fingerprint density at radius 3 is 3.00 bits per heavy atom. The maximum atomic E-state index is 5.99. The molecule has 1 aromatic carbocycles. The number of aromatic amines is 1. The first-order chi connectivity index (χ1) is 6.22. The third-order valence-corrected chi connectivity index (χ3v) is 2.89. The highest BCUT2D eigenvalue weighted by Gasteiger charge is 2.08. The van der Waals surface area contributed by atoms with Crippen LogP contribution >= 0.6 is 34.2 Å². The van der Waals surface area contributed by atoms with Gasteiger partial charge in [-0.3, -0.25) is 5.10 Å². The maximum absolute atomic E-state index is 5.99. The topological polar surface area (TPSA) is 37.9 Å². The smallest absolute Gasteiger partial charge is 0.121 e. The van der Waals surface area contributed by atoms with E-state index >= 15 is 0 Å². The third kappa shape index (κ3) is 1.48. The number of hydrogen-bond acceptors (Lipinski definition) is 2. The summed E-state index contributed by atoms with van der Waals surface area (Å²) >= 11 is 8.16. The van der Waals surface area contributed by atoms with E-state index in [1.165, 1.54) is 0 Å². The molecule has 2 rings (SSSR count). The summed E-state index contributed by atoms with van der Waals surface area (Å²) in [5.41, 5.74) is 0.784. The molecule has 2 aromatic rings. The second-order valence-electron chi connectivity index (χ2n) is 2.54. The van der Waals surface area contributed by atoms with Crippen molar-refractivity contribution in [2.75, 3.05) is 7.11 Å². The number of fused-ring (bicyclic) bond motifs is 1. The molecule has 0 spiro atoms. The highest BCUT2D eigenvalue weighted by molar-refractivity contribution is 14.1. The van der Waals surface area contributed by atoms with Crippen molar-refractivity contribution in [2.24, 2.45) is 0 Å². The first-order valence-electron chi connectivity index (χ1n) is 3.59. The van der Waals surface area contributed by atoms with Crippen molar-refractivity contribution in [2.45, 2.75) is 0 Å². The van der Waals surface area contributed by atoms with Crippen LogP contribution in [0.4, 0.5) is 0 Å². The number of hydrogen-bond donors (Lipinski definition) is 1. The van der Waals surface area contributed by atoms with Crippen molar-refractivity contribution >= 4 is 45.1 Å². The number of halogens is 2. The number of nitrogens with zero attached hydrogens (tertiary/aromatic N) is 1. The van der Waals surface area contributed by atoms with Crippen molar-refractivity contribution in [3.63, 3.8) is 0 Å². The van der Waals surface area contributed by atoms with E-state index in [1.54, 1.807) is 13.2 Å². The summed E-state index contributed by atoms with van der Waals surface area (Å²) in [4.78, 5) is 0. The third-order valence-electron chi connectivity index (χ3n) is 1.77. The van der Waals surface area contributed by atoms with Gasteiger partial charge in [-0.2, -0.15) is 5.10 Å². The van der Waals surface area contributed by atoms with E-state index in [0.717, 1.165) is 20.4 Å². The van der Waals surface area contributed by atoms with Gasteiger partial charge in [0.2, 0.25) is 0 Å². The molecular weight excluding hydrogens is 302 g/mol. The molecule has 0 unspecified atom stereocenters. The van der Waals surface area contributed by atoms with Gasteiger partial charge in [0.1, 0.15) is 15.0 Å². The van der Waals surface area contributed by atoms with Crippen molar-refractivity contribution in [3.05, 3.63) is 20.9 Å². The molecule has 1 N–H and O–H groups in total. The molecule has 0 aliphatic rings. The Labute approximate surface area is 93.6 Å². The number of methoxy groups -OCH3 is 1. The van der Waals surface area contributed by atoms with E-state index in [-0.39, 0.29) is 0 Å². The van der Waals surface area contributed by atoms with Crippen molar-refractivity contribution < 1.29 is 4.74 Å². The Kier molecular flexibility index (Phi) is 2.33. The Hall–Kier alpha value is -0.490. The number of ether oxygens (including phenoxy) is 1. The molecule has 0 radical (unpaired) electrons. The molecule has 1 heterocycles. The Balaban J connectivity index is 2.80. The fraction of sp³-hybridized carbons (Fsp3) is 0.125. The zero-order valence-electron chi connectivity index (χ0n) is 6.77. The minimum absolute atomic E-state index is 0.605. The molecule has 13 heavy (non-hydrogen) atoms. The molecule has 0 aliphatic heterocycles. The van der Waals surface area contributed by atoms with E-state index in [2.05, 4.69) is 32.8 Å². The summed E-state index contributed by atoms with van der Waals surface area (Å²) in [6.45, 7) is 0. The van der Waals surface area contributed by atoms with Crippen LogP contribution in [0, 0.1) is 3.70 Å². The Morgan fingerprint density at radius 2 is 2.31 bits per heavy atom. The van der Waals surface area contributed by atoms with Gasteiger partial charge in [-0.25, -0.2) is 0 Å². The summed E-state index contributed by atoms with van der Waals surface area (Å²) in [7, 11) is 1.62. The number of benzene rings is 1. The molecule has 0 saturated heterocycles. The van der Waals surface area contributed by atoms with Gasteiger partial charge in [0.15, 0.2) is 0 Å². The van der Waals surface area contributed by atoms with Crippen LogP contribution in [0.25, 0.3) is 10.9 Å². The molecular formula is C8H6ClIN2O. The SMILES string of the molecule is COc1cc(Cl)c2n[nH]c(I)c2c1. The molecule has 0 amide bonds. The second-order valence-corrected chi connectivity index (χ2v) is 4.03. The monoisotopic (exact) mass is 308 g/mol. The summed E-state index contributed by atoms with van der Waals surface area (Å²) < 4.78 is 6.06. The lowest BCUT2D eigenvalue weighted by Gasteiger charge is -2.00. The average Bonchev–Trinajstić information content (AvgIpc) is 2.48. The van der Waals surface area contributed by atoms with Crippen molar-refractivity contribution in [3.8, 4) is 5.75 Å². The molecule has 3 nitrogen and oxygen atoms in total. The highest BCUT2D eigenvalue weighted by Crippen LogP contribution is 2.29. The lowest BCUT2D eigenvalue weighted by molar-refractivity contribution is 0.415. The van der Waals surface area contributed by atoms with Gasteiger partial charge in [-0.1, -0.05) is 11.6 Å². The molecule has 0 atom stereocenters. The Bertz CT molecular complexity index is 455. The van der Waals surface area contributed by atoms with Crippen LogP contribution in [0.2, 0.25) is 5.02 Å². The van der Waals surface area contributed by atoms with E-state index in [1.807, 2.05) is 6.07 Å². The standard InChI is InChI=1S/C8H6ClIN2O/c1-13-4-2-5-7(6(9)3-4)11-12-8(5)10/h2-3H,1H3,(H,11,12). The van der Waals surface area contributed by atoms with Gasteiger partial charge in [0.25, 0.3) is 0 Å². The van der Waals surface area contributed by atoms with Gasteiger partial charge in [-0.15, -0.1) is 0 Å². The van der Waals surface area contributed by atoms with Crippen LogP contribution in [-0.4, -0.2) is 17.3 Å². The van der Waals surface area contributed by atoms with Crippen LogP contribution < -0.4 is 4.74 Å². The van der Waals surface area contributed by atoms with Gasteiger partial charge < -0.3 is 4.74 Å². The van der Waals surface area contributed by atoms with E-state index in [0.29, 0.717) is 5.02 Å². The molecule has 0 fully saturated rings. The van der Waals surface area contributed by atoms with Gasteiger partial charge >= 0.3 is 0 Å². The second kappa shape index (κ2) is 3.34. The number of H-pyrrole nitrogens is 1. The van der Waals surface area contributed by atoms with Gasteiger partial charge in [0, 0.05) is 11.5 Å². The molecule has 68 valence electrons. The maximum Gasteiger partial charge on any atom is 0.121 e. The largest absolute Gasteiger partial charge is 0.497 e. The lowest BCUT2D eigenvalue weighted by atomic mass is 10.2. The van der Waals surface area contributed by atoms with Crippen LogP contribution in [-0.2, 0) is 0 Å². The highest BCUT2D eigenvalue weighted by atomic mass is 127. The van der Waals surface area contributed by atoms with Crippen LogP contribution in [0.5, 0.6) is 5.75 Å². The average molecular weight is 309 g/mol. The zero-order chi connectivity index (χ0) is 9.42. The normalized spacial score (nSPS) is 10.7. The molecule has 0 saturated carbocycles. The lowest BCUT2D eigenvalue weighted by Crippen LogP contribution is -1.82. The molecule has 1 aromatic heterocycles. The minimum Gasteiger partial charge on any atom is -0.497 e. The predicted octanol–water partition coefficient (Wildman–Crippen LogP) is 2.83. The Morgan fingerprint density at radius 1 is 1.54 bits per heavy atom. The van der Waals surface area contributed by atoms with E-state index < -0.39 is 0 Å². The fourth-order valence-corrected chi connectivity index (χ4v) is 1.92. The number of rotatable bonds is 1. The van der Waals surface area contributed by atoms with Crippen molar-refractivity contribution in [1.82, 2.24) is 10.2 Å².